The number of aliphatic hydroxyl groups is 2. The molecule has 2 aromatic rings. The van der Waals surface area contributed by atoms with Gasteiger partial charge in [-0.25, -0.2) is 9.37 Å². The zero-order valence-corrected chi connectivity index (χ0v) is 38.9. The number of ketones is 2. The Labute approximate surface area is 367 Å². The van der Waals surface area contributed by atoms with Gasteiger partial charge in [0.15, 0.2) is 5.78 Å². The van der Waals surface area contributed by atoms with E-state index in [1.165, 1.54) is 63.9 Å². The Morgan fingerprint density at radius 3 is 1.62 bits per heavy atom. The summed E-state index contributed by atoms with van der Waals surface area (Å²) in [5, 5.41) is 21.4. The Bertz CT molecular complexity index is 1970. The van der Waals surface area contributed by atoms with Crippen LogP contribution in [0.2, 0.25) is 0 Å². The Morgan fingerprint density at radius 2 is 1.13 bits per heavy atom. The standard InChI is InChI=1S/C28H39FO2.C26H40N2O2/c1-26(31)14-15-27(2)19(17-26)8-9-20-21-10-11-23(28(21,3)13-12-22(20)27)25(30)16-18-6-4-5-7-24(18)29;1-17-14-28(16-27-17)15-23(29)22-8-7-20-19-6-5-18-13-24(2,30)11-12-25(18,3)21(19)9-10-26(20,22)4/h4-7,19-23,31H,8-17H2,1-3H3;14,16,18-22,30H,5-13,15H2,1-4H3/t19-,20-,21-,22-,23+,26+,27-,28-;18-,19+,20+,21+,22-,24-,25+,26+/m01/s1. The molecule has 6 nitrogen and oxygen atoms in total. The number of hydrogen-bond donors (Lipinski definition) is 2. The van der Waals surface area contributed by atoms with Crippen molar-refractivity contribution in [2.75, 3.05) is 0 Å². The van der Waals surface area contributed by atoms with Crippen molar-refractivity contribution in [3.63, 3.8) is 0 Å². The first-order valence-electron chi connectivity index (χ1n) is 25.0. The van der Waals surface area contributed by atoms with Crippen LogP contribution < -0.4 is 0 Å². The first-order valence-corrected chi connectivity index (χ1v) is 25.0. The van der Waals surface area contributed by atoms with Crippen LogP contribution >= 0.6 is 0 Å². The van der Waals surface area contributed by atoms with Crippen LogP contribution in [0.5, 0.6) is 0 Å². The minimum absolute atomic E-state index is 0.0763. The second-order valence-electron chi connectivity index (χ2n) is 24.5. The van der Waals surface area contributed by atoms with Crippen LogP contribution in [0.15, 0.2) is 36.8 Å². The van der Waals surface area contributed by atoms with Crippen LogP contribution in [0.25, 0.3) is 0 Å². The molecule has 7 heteroatoms. The average Bonchev–Trinajstić information content (AvgIpc) is 3.90. The summed E-state index contributed by atoms with van der Waals surface area (Å²) in [6.45, 7) is 16.4. The first kappa shape index (κ1) is 43.9. The van der Waals surface area contributed by atoms with E-state index in [-0.39, 0.29) is 40.7 Å². The number of aromatic nitrogens is 2. The van der Waals surface area contributed by atoms with E-state index in [1.54, 1.807) is 18.5 Å². The highest BCUT2D eigenvalue weighted by Gasteiger charge is 2.63. The number of benzene rings is 1. The Hall–Kier alpha value is -2.38. The predicted molar refractivity (Wildman–Crippen MR) is 239 cm³/mol. The summed E-state index contributed by atoms with van der Waals surface area (Å²) in [7, 11) is 0. The van der Waals surface area contributed by atoms with Gasteiger partial charge in [-0.2, -0.15) is 0 Å². The zero-order valence-electron chi connectivity index (χ0n) is 38.9. The lowest BCUT2D eigenvalue weighted by molar-refractivity contribution is -0.151. The van der Waals surface area contributed by atoms with Gasteiger partial charge >= 0.3 is 0 Å². The summed E-state index contributed by atoms with van der Waals surface area (Å²) >= 11 is 0. The van der Waals surface area contributed by atoms with Crippen molar-refractivity contribution < 1.29 is 24.2 Å². The van der Waals surface area contributed by atoms with Gasteiger partial charge in [0.05, 0.1) is 29.8 Å². The number of Topliss-reactive ketones (excluding diaryl/α,β-unsaturated/α-hetero) is 2. The van der Waals surface area contributed by atoms with Gasteiger partial charge in [0.1, 0.15) is 11.6 Å². The third-order valence-electron chi connectivity index (χ3n) is 21.1. The third kappa shape index (κ3) is 7.55. The van der Waals surface area contributed by atoms with Gasteiger partial charge in [-0.15, -0.1) is 0 Å². The minimum Gasteiger partial charge on any atom is -0.390 e. The Balaban J connectivity index is 0.000000156. The monoisotopic (exact) mass is 839 g/mol. The first-order chi connectivity index (χ1) is 28.8. The summed E-state index contributed by atoms with van der Waals surface area (Å²) in [5.74, 6) is 6.38. The molecule has 0 bridgehead atoms. The second-order valence-corrected chi connectivity index (χ2v) is 24.5. The summed E-state index contributed by atoms with van der Waals surface area (Å²) in [6, 6.07) is 6.75. The molecule has 1 heterocycles. The van der Waals surface area contributed by atoms with Crippen molar-refractivity contribution in [2.45, 2.75) is 188 Å². The zero-order chi connectivity index (χ0) is 43.3. The number of imidazole rings is 1. The van der Waals surface area contributed by atoms with E-state index in [2.05, 4.69) is 32.7 Å². The molecule has 0 aliphatic heterocycles. The van der Waals surface area contributed by atoms with Crippen LogP contribution in [0.4, 0.5) is 4.39 Å². The topological polar surface area (TPSA) is 92.4 Å². The molecule has 0 saturated heterocycles. The molecular formula is C54H79FN2O4. The minimum atomic E-state index is -0.488. The largest absolute Gasteiger partial charge is 0.390 e. The molecule has 8 aliphatic rings. The predicted octanol–water partition coefficient (Wildman–Crippen LogP) is 11.5. The highest BCUT2D eigenvalue weighted by Crippen LogP contribution is 2.70. The van der Waals surface area contributed by atoms with Gasteiger partial charge in [-0.05, 0) is 217 Å². The van der Waals surface area contributed by atoms with Crippen LogP contribution in [-0.4, -0.2) is 42.5 Å². The van der Waals surface area contributed by atoms with Gasteiger partial charge in [0.25, 0.3) is 0 Å². The van der Waals surface area contributed by atoms with Crippen molar-refractivity contribution >= 4 is 11.6 Å². The van der Waals surface area contributed by atoms with Crippen LogP contribution in [-0.2, 0) is 22.6 Å². The Kier molecular flexibility index (Phi) is 11.3. The van der Waals surface area contributed by atoms with E-state index in [1.807, 2.05) is 37.6 Å². The number of rotatable bonds is 6. The number of carbonyl (C=O) groups excluding carboxylic acids is 2. The summed E-state index contributed by atoms with van der Waals surface area (Å²) in [5.41, 5.74) is 1.58. The molecule has 1 aromatic heterocycles. The van der Waals surface area contributed by atoms with E-state index in [9.17, 15) is 24.2 Å². The summed E-state index contributed by atoms with van der Waals surface area (Å²) < 4.78 is 16.1. The number of hydrogen-bond acceptors (Lipinski definition) is 5. The van der Waals surface area contributed by atoms with Gasteiger partial charge in [-0.3, -0.25) is 9.59 Å². The normalized spacial score (nSPS) is 47.3. The number of aryl methyl sites for hydroxylation is 1. The van der Waals surface area contributed by atoms with E-state index < -0.39 is 11.2 Å². The lowest BCUT2D eigenvalue weighted by Crippen LogP contribution is -2.55. The highest BCUT2D eigenvalue weighted by molar-refractivity contribution is 5.84. The molecular weight excluding hydrogens is 760 g/mol. The molecule has 16 atom stereocenters. The SMILES string of the molecule is C[C@@]1(O)CC[C@@]2(C)[C@@H](CC[C@@H]3[C@@H]2CC[C@]2(C)[C@@H](C(=O)Cc4ccccc4F)CC[C@@H]32)C1.Cc1cn(CC(=O)[C@H]2CC[C@H]3[C@@H]4CC[C@@H]5C[C@](C)(O)CC[C@]5(C)[C@H]4CC[C@]23C)cn1. The molecule has 10 rings (SSSR count). The molecule has 8 saturated carbocycles. The van der Waals surface area contributed by atoms with E-state index in [0.29, 0.717) is 58.3 Å². The van der Waals surface area contributed by atoms with Crippen molar-refractivity contribution in [1.82, 2.24) is 9.55 Å². The summed E-state index contributed by atoms with van der Waals surface area (Å²) in [6.07, 6.45) is 24.5. The maximum absolute atomic E-state index is 14.2. The molecule has 2 N–H and O–H groups in total. The maximum Gasteiger partial charge on any atom is 0.156 e. The molecule has 0 amide bonds. The molecule has 0 radical (unpaired) electrons. The van der Waals surface area contributed by atoms with Gasteiger partial charge in [0, 0.05) is 24.5 Å². The molecule has 61 heavy (non-hydrogen) atoms. The van der Waals surface area contributed by atoms with E-state index in [0.717, 1.165) is 81.2 Å². The van der Waals surface area contributed by atoms with Crippen LogP contribution in [0.3, 0.4) is 0 Å². The molecule has 336 valence electrons. The maximum atomic E-state index is 14.2. The second kappa shape index (κ2) is 15.7. The fourth-order valence-electron chi connectivity index (χ4n) is 17.7. The smallest absolute Gasteiger partial charge is 0.156 e. The lowest BCUT2D eigenvalue weighted by atomic mass is 9.44. The number of fused-ring (bicyclic) bond motifs is 10. The third-order valence-corrected chi connectivity index (χ3v) is 21.1. The molecule has 0 spiro atoms. The fourth-order valence-corrected chi connectivity index (χ4v) is 17.7. The van der Waals surface area contributed by atoms with Gasteiger partial charge in [0.2, 0.25) is 0 Å². The fraction of sp³-hybridized carbons (Fsp3) is 0.796. The summed E-state index contributed by atoms with van der Waals surface area (Å²) in [4.78, 5) is 31.0. The quantitative estimate of drug-likeness (QED) is 0.302. The van der Waals surface area contributed by atoms with Crippen molar-refractivity contribution in [1.29, 1.82) is 0 Å². The van der Waals surface area contributed by atoms with Crippen LogP contribution in [0.1, 0.15) is 168 Å². The molecule has 0 unspecified atom stereocenters. The number of carbonyl (C=O) groups is 2. The van der Waals surface area contributed by atoms with Gasteiger partial charge < -0.3 is 14.8 Å². The van der Waals surface area contributed by atoms with Crippen molar-refractivity contribution in [3.05, 3.63) is 53.9 Å². The average molecular weight is 839 g/mol. The van der Waals surface area contributed by atoms with Gasteiger partial charge in [-0.1, -0.05) is 45.9 Å². The molecule has 1 aromatic carbocycles. The van der Waals surface area contributed by atoms with Crippen molar-refractivity contribution in [2.24, 2.45) is 80.8 Å². The number of nitrogens with zero attached hydrogens (tertiary/aromatic N) is 2. The number of halogens is 1. The lowest BCUT2D eigenvalue weighted by Gasteiger charge is -2.61. The molecule has 8 aliphatic carbocycles. The van der Waals surface area contributed by atoms with E-state index in [4.69, 9.17) is 0 Å². The van der Waals surface area contributed by atoms with Crippen molar-refractivity contribution in [3.8, 4) is 0 Å². The molecule has 8 fully saturated rings. The Morgan fingerprint density at radius 1 is 0.639 bits per heavy atom. The van der Waals surface area contributed by atoms with Crippen LogP contribution in [0, 0.1) is 93.6 Å². The highest BCUT2D eigenvalue weighted by atomic mass is 19.1. The van der Waals surface area contributed by atoms with E-state index >= 15 is 0 Å².